The summed E-state index contributed by atoms with van der Waals surface area (Å²) in [6.45, 7) is 2.52. The van der Waals surface area contributed by atoms with Gasteiger partial charge in [0.15, 0.2) is 17.5 Å². The summed E-state index contributed by atoms with van der Waals surface area (Å²) in [5.41, 5.74) is 6.42. The molecule has 1 aromatic rings. The summed E-state index contributed by atoms with van der Waals surface area (Å²) in [7, 11) is 4.68. The summed E-state index contributed by atoms with van der Waals surface area (Å²) in [6, 6.07) is 3.53. The highest BCUT2D eigenvalue weighted by atomic mass is 16.5. The monoisotopic (exact) mass is 253 g/mol. The predicted molar refractivity (Wildman–Crippen MR) is 71.9 cm³/mol. The Labute approximate surface area is 107 Å². The third-order valence-corrected chi connectivity index (χ3v) is 2.27. The van der Waals surface area contributed by atoms with Gasteiger partial charge in [0.2, 0.25) is 5.75 Å². The Morgan fingerprint density at radius 2 is 1.72 bits per heavy atom. The minimum Gasteiger partial charge on any atom is -0.493 e. The van der Waals surface area contributed by atoms with E-state index in [0.29, 0.717) is 29.8 Å². The Balaban J connectivity index is 3.11. The number of methoxy groups -OCH3 is 3. The number of nitrogens with one attached hydrogen (secondary N) is 1. The molecule has 0 unspecified atom stereocenters. The van der Waals surface area contributed by atoms with Crippen LogP contribution in [-0.4, -0.2) is 33.8 Å². The van der Waals surface area contributed by atoms with E-state index in [4.69, 9.17) is 19.9 Å². The molecule has 0 saturated heterocycles. The number of rotatable bonds is 5. The molecule has 0 aliphatic heterocycles. The van der Waals surface area contributed by atoms with Crippen LogP contribution in [0, 0.1) is 0 Å². The molecule has 0 amide bonds. The number of nitrogens with zero attached hydrogens (tertiary/aromatic N) is 1. The van der Waals surface area contributed by atoms with Gasteiger partial charge in [-0.1, -0.05) is 0 Å². The Bertz CT molecular complexity index is 408. The molecule has 0 saturated carbocycles. The topological polar surface area (TPSA) is 78.1 Å². The van der Waals surface area contributed by atoms with Crippen molar-refractivity contribution in [3.05, 3.63) is 12.1 Å². The molecule has 0 aliphatic carbocycles. The number of hydrogen-bond acceptors (Lipinski definition) is 4. The molecule has 0 aliphatic rings. The highest BCUT2D eigenvalue weighted by molar-refractivity contribution is 5.93. The molecular weight excluding hydrogens is 234 g/mol. The van der Waals surface area contributed by atoms with E-state index in [1.54, 1.807) is 33.5 Å². The van der Waals surface area contributed by atoms with Crippen molar-refractivity contribution in [3.8, 4) is 17.2 Å². The third-order valence-electron chi connectivity index (χ3n) is 2.27. The SMILES string of the molecule is CCN=C(N)Nc1cc(OC)c(OC)c(OC)c1. The lowest BCUT2D eigenvalue weighted by molar-refractivity contribution is 0.324. The fraction of sp³-hybridized carbons (Fsp3) is 0.417. The van der Waals surface area contributed by atoms with Crippen LogP contribution in [0.15, 0.2) is 17.1 Å². The quantitative estimate of drug-likeness (QED) is 0.613. The van der Waals surface area contributed by atoms with Crippen molar-refractivity contribution in [1.29, 1.82) is 0 Å². The molecule has 6 nitrogen and oxygen atoms in total. The van der Waals surface area contributed by atoms with E-state index < -0.39 is 0 Å². The van der Waals surface area contributed by atoms with Crippen molar-refractivity contribution < 1.29 is 14.2 Å². The van der Waals surface area contributed by atoms with Crippen molar-refractivity contribution in [2.45, 2.75) is 6.92 Å². The van der Waals surface area contributed by atoms with Crippen molar-refractivity contribution in [2.24, 2.45) is 10.7 Å². The molecule has 0 bridgehead atoms. The van der Waals surface area contributed by atoms with Gasteiger partial charge in [-0.05, 0) is 6.92 Å². The number of ether oxygens (including phenoxy) is 3. The first-order valence-corrected chi connectivity index (χ1v) is 5.53. The summed E-state index contributed by atoms with van der Waals surface area (Å²) in [6.07, 6.45) is 0. The van der Waals surface area contributed by atoms with Crippen LogP contribution in [0.1, 0.15) is 6.92 Å². The lowest BCUT2D eigenvalue weighted by Gasteiger charge is -2.14. The van der Waals surface area contributed by atoms with Crippen LogP contribution < -0.4 is 25.3 Å². The molecule has 0 aromatic heterocycles. The van der Waals surface area contributed by atoms with Gasteiger partial charge in [0.05, 0.1) is 21.3 Å². The first-order valence-electron chi connectivity index (χ1n) is 5.53. The Hall–Kier alpha value is -2.11. The maximum atomic E-state index is 5.70. The normalized spacial score (nSPS) is 11.0. The van der Waals surface area contributed by atoms with Crippen molar-refractivity contribution in [1.82, 2.24) is 0 Å². The number of aliphatic imine (C=N–C) groups is 1. The van der Waals surface area contributed by atoms with E-state index in [1.807, 2.05) is 6.92 Å². The molecule has 6 heteroatoms. The van der Waals surface area contributed by atoms with Crippen molar-refractivity contribution in [3.63, 3.8) is 0 Å². The van der Waals surface area contributed by atoms with Crippen LogP contribution in [0.3, 0.4) is 0 Å². The number of hydrogen-bond donors (Lipinski definition) is 2. The molecule has 100 valence electrons. The van der Waals surface area contributed by atoms with Gasteiger partial charge in [0, 0.05) is 24.4 Å². The first kappa shape index (κ1) is 14.0. The smallest absolute Gasteiger partial charge is 0.203 e. The van der Waals surface area contributed by atoms with E-state index in [1.165, 1.54) is 0 Å². The van der Waals surface area contributed by atoms with Crippen LogP contribution in [0.4, 0.5) is 5.69 Å². The second-order valence-corrected chi connectivity index (χ2v) is 3.40. The van der Waals surface area contributed by atoms with Crippen molar-refractivity contribution in [2.75, 3.05) is 33.2 Å². The van der Waals surface area contributed by atoms with Gasteiger partial charge in [0.1, 0.15) is 0 Å². The lowest BCUT2D eigenvalue weighted by Crippen LogP contribution is -2.22. The zero-order valence-corrected chi connectivity index (χ0v) is 11.1. The van der Waals surface area contributed by atoms with Crippen LogP contribution in [0.2, 0.25) is 0 Å². The summed E-state index contributed by atoms with van der Waals surface area (Å²) in [4.78, 5) is 4.04. The van der Waals surface area contributed by atoms with E-state index >= 15 is 0 Å². The third kappa shape index (κ3) is 3.19. The first-order chi connectivity index (χ1) is 8.65. The van der Waals surface area contributed by atoms with Crippen molar-refractivity contribution >= 4 is 11.6 Å². The van der Waals surface area contributed by atoms with Gasteiger partial charge in [-0.15, -0.1) is 0 Å². The Kier molecular flexibility index (Phi) is 5.10. The molecule has 0 spiro atoms. The Morgan fingerprint density at radius 3 is 2.11 bits per heavy atom. The van der Waals surface area contributed by atoms with Gasteiger partial charge in [-0.25, -0.2) is 0 Å². The van der Waals surface area contributed by atoms with Gasteiger partial charge in [-0.3, -0.25) is 4.99 Å². The number of guanidine groups is 1. The molecule has 0 fully saturated rings. The fourth-order valence-electron chi connectivity index (χ4n) is 1.51. The van der Waals surface area contributed by atoms with Gasteiger partial charge >= 0.3 is 0 Å². The van der Waals surface area contributed by atoms with Crippen LogP contribution in [-0.2, 0) is 0 Å². The maximum Gasteiger partial charge on any atom is 0.203 e. The molecule has 1 rings (SSSR count). The van der Waals surface area contributed by atoms with E-state index in [-0.39, 0.29) is 0 Å². The second kappa shape index (κ2) is 6.58. The summed E-state index contributed by atoms with van der Waals surface area (Å²) < 4.78 is 15.7. The number of nitrogens with two attached hydrogens (primary N) is 1. The predicted octanol–water partition coefficient (Wildman–Crippen LogP) is 1.46. The van der Waals surface area contributed by atoms with Crippen LogP contribution in [0.25, 0.3) is 0 Å². The molecule has 1 aromatic carbocycles. The molecule has 0 heterocycles. The molecule has 18 heavy (non-hydrogen) atoms. The molecule has 0 radical (unpaired) electrons. The maximum absolute atomic E-state index is 5.70. The largest absolute Gasteiger partial charge is 0.493 e. The van der Waals surface area contributed by atoms with E-state index in [9.17, 15) is 0 Å². The van der Waals surface area contributed by atoms with E-state index in [0.717, 1.165) is 5.69 Å². The van der Waals surface area contributed by atoms with Gasteiger partial charge in [0.25, 0.3) is 0 Å². The number of benzene rings is 1. The summed E-state index contributed by atoms with van der Waals surface area (Å²) in [5, 5.41) is 2.96. The molecule has 0 atom stereocenters. The minimum atomic E-state index is 0.340. The zero-order valence-electron chi connectivity index (χ0n) is 11.1. The molecular formula is C12H19N3O3. The average Bonchev–Trinajstić information content (AvgIpc) is 2.37. The highest BCUT2D eigenvalue weighted by Gasteiger charge is 2.13. The average molecular weight is 253 g/mol. The van der Waals surface area contributed by atoms with E-state index in [2.05, 4.69) is 10.3 Å². The summed E-state index contributed by atoms with van der Waals surface area (Å²) >= 11 is 0. The van der Waals surface area contributed by atoms with Gasteiger partial charge < -0.3 is 25.3 Å². The lowest BCUT2D eigenvalue weighted by atomic mass is 10.2. The fourth-order valence-corrected chi connectivity index (χ4v) is 1.51. The molecule has 3 N–H and O–H groups in total. The Morgan fingerprint density at radius 1 is 1.17 bits per heavy atom. The minimum absolute atomic E-state index is 0.340. The number of anilines is 1. The van der Waals surface area contributed by atoms with Crippen LogP contribution in [0.5, 0.6) is 17.2 Å². The van der Waals surface area contributed by atoms with Gasteiger partial charge in [-0.2, -0.15) is 0 Å². The second-order valence-electron chi connectivity index (χ2n) is 3.40. The zero-order chi connectivity index (χ0) is 13.5. The van der Waals surface area contributed by atoms with Crippen LogP contribution >= 0.6 is 0 Å². The standard InChI is InChI=1S/C12H19N3O3/c1-5-14-12(13)15-8-6-9(16-2)11(18-4)10(7-8)17-3/h6-7H,5H2,1-4H3,(H3,13,14,15). The summed E-state index contributed by atoms with van der Waals surface area (Å²) in [5.74, 6) is 2.00. The highest BCUT2D eigenvalue weighted by Crippen LogP contribution is 2.39.